The minimum atomic E-state index is -0.493. The molecular weight excluding hydrogens is 350 g/mol. The molecule has 3 aliphatic rings. The van der Waals surface area contributed by atoms with Crippen LogP contribution >= 0.6 is 11.8 Å². The molecule has 1 fully saturated rings. The van der Waals surface area contributed by atoms with Gasteiger partial charge in [-0.05, 0) is 37.8 Å². The van der Waals surface area contributed by atoms with Crippen LogP contribution in [-0.2, 0) is 9.59 Å². The van der Waals surface area contributed by atoms with Gasteiger partial charge in [-0.1, -0.05) is 11.8 Å². The molecule has 7 heteroatoms. The molecule has 0 spiro atoms. The van der Waals surface area contributed by atoms with E-state index < -0.39 is 5.92 Å². The topological polar surface area (TPSA) is 95.1 Å². The fraction of sp³-hybridized carbons (Fsp3) is 0.421. The summed E-state index contributed by atoms with van der Waals surface area (Å²) in [5.74, 6) is 0.367. The Hall–Kier alpha value is -2.46. The van der Waals surface area contributed by atoms with E-state index in [4.69, 9.17) is 4.42 Å². The van der Waals surface area contributed by atoms with Gasteiger partial charge >= 0.3 is 0 Å². The van der Waals surface area contributed by atoms with Crippen molar-refractivity contribution in [3.8, 4) is 6.07 Å². The molecule has 0 saturated heterocycles. The highest BCUT2D eigenvalue weighted by Crippen LogP contribution is 2.44. The maximum atomic E-state index is 12.6. The van der Waals surface area contributed by atoms with Crippen LogP contribution in [0.1, 0.15) is 43.8 Å². The maximum absolute atomic E-state index is 12.6. The summed E-state index contributed by atoms with van der Waals surface area (Å²) in [6.07, 6.45) is 5.67. The highest BCUT2D eigenvalue weighted by molar-refractivity contribution is 8.03. The summed E-state index contributed by atoms with van der Waals surface area (Å²) in [6, 6.07) is 6.11. The molecule has 1 amide bonds. The monoisotopic (exact) mass is 369 g/mol. The van der Waals surface area contributed by atoms with Crippen LogP contribution in [0.25, 0.3) is 0 Å². The van der Waals surface area contributed by atoms with Gasteiger partial charge in [0.25, 0.3) is 0 Å². The molecule has 1 saturated carbocycles. The molecule has 0 bridgehead atoms. The zero-order valence-electron chi connectivity index (χ0n) is 14.2. The second-order valence-corrected chi connectivity index (χ2v) is 7.71. The third kappa shape index (κ3) is 3.29. The molecule has 1 aromatic heterocycles. The van der Waals surface area contributed by atoms with Crippen molar-refractivity contribution in [2.75, 3.05) is 5.75 Å². The smallest absolute Gasteiger partial charge is 0.230 e. The fourth-order valence-corrected chi connectivity index (χ4v) is 4.29. The summed E-state index contributed by atoms with van der Waals surface area (Å²) in [5.41, 5.74) is 1.93. The Morgan fingerprint density at radius 2 is 2.27 bits per heavy atom. The highest BCUT2D eigenvalue weighted by Gasteiger charge is 2.38. The second kappa shape index (κ2) is 7.04. The summed E-state index contributed by atoms with van der Waals surface area (Å²) >= 11 is 1.31. The molecule has 0 aromatic carbocycles. The first-order chi connectivity index (χ1) is 12.7. The van der Waals surface area contributed by atoms with Crippen molar-refractivity contribution in [2.45, 2.75) is 44.1 Å². The lowest BCUT2D eigenvalue weighted by atomic mass is 9.79. The molecular formula is C19H19N3O3S. The van der Waals surface area contributed by atoms with Gasteiger partial charge in [0.2, 0.25) is 5.91 Å². The van der Waals surface area contributed by atoms with Crippen LogP contribution in [0, 0.1) is 11.3 Å². The van der Waals surface area contributed by atoms with Crippen LogP contribution in [0.3, 0.4) is 0 Å². The molecule has 4 rings (SSSR count). The maximum Gasteiger partial charge on any atom is 0.230 e. The van der Waals surface area contributed by atoms with Crippen LogP contribution in [0.4, 0.5) is 0 Å². The van der Waals surface area contributed by atoms with E-state index >= 15 is 0 Å². The van der Waals surface area contributed by atoms with Gasteiger partial charge in [0.1, 0.15) is 5.76 Å². The van der Waals surface area contributed by atoms with Crippen molar-refractivity contribution in [3.05, 3.63) is 46.0 Å². The van der Waals surface area contributed by atoms with Crippen LogP contribution in [0.2, 0.25) is 0 Å². The van der Waals surface area contributed by atoms with Crippen molar-refractivity contribution in [2.24, 2.45) is 0 Å². The number of carbonyl (C=O) groups excluding carboxylic acids is 2. The number of thioether (sulfide) groups is 1. The number of hydrogen-bond donors (Lipinski definition) is 2. The number of hydrogen-bond acceptors (Lipinski definition) is 6. The summed E-state index contributed by atoms with van der Waals surface area (Å²) in [7, 11) is 0. The number of allylic oxidation sites excluding steroid dienone is 3. The van der Waals surface area contributed by atoms with Crippen LogP contribution in [0.5, 0.6) is 0 Å². The number of rotatable bonds is 5. The SMILES string of the molecule is N#CC1=C(SCC(=O)NC2CC2)NC2=C(C(=O)CCC2)C1c1ccco1. The number of furan rings is 1. The third-order valence-electron chi connectivity index (χ3n) is 4.78. The number of nitriles is 1. The van der Waals surface area contributed by atoms with Crippen molar-refractivity contribution in [1.82, 2.24) is 10.6 Å². The first kappa shape index (κ1) is 17.0. The van der Waals surface area contributed by atoms with Gasteiger partial charge in [-0.25, -0.2) is 0 Å². The molecule has 134 valence electrons. The number of nitrogens with one attached hydrogen (secondary N) is 2. The van der Waals surface area contributed by atoms with Gasteiger partial charge in [0, 0.05) is 23.7 Å². The summed E-state index contributed by atoms with van der Waals surface area (Å²) in [4.78, 5) is 24.6. The van der Waals surface area contributed by atoms with Crippen LogP contribution in [0.15, 0.2) is 44.7 Å². The van der Waals surface area contributed by atoms with Gasteiger partial charge in [-0.3, -0.25) is 9.59 Å². The Bertz CT molecular complexity index is 844. The van der Waals surface area contributed by atoms with Gasteiger partial charge in [-0.2, -0.15) is 5.26 Å². The first-order valence-corrected chi connectivity index (χ1v) is 9.79. The lowest BCUT2D eigenvalue weighted by Crippen LogP contribution is -2.32. The highest BCUT2D eigenvalue weighted by atomic mass is 32.2. The fourth-order valence-electron chi connectivity index (χ4n) is 3.41. The van der Waals surface area contributed by atoms with E-state index in [9.17, 15) is 14.9 Å². The number of nitrogens with zero attached hydrogens (tertiary/aromatic N) is 1. The van der Waals surface area contributed by atoms with Gasteiger partial charge in [-0.15, -0.1) is 0 Å². The summed E-state index contributed by atoms with van der Waals surface area (Å²) < 4.78 is 5.55. The molecule has 6 nitrogen and oxygen atoms in total. The first-order valence-electron chi connectivity index (χ1n) is 8.80. The van der Waals surface area contributed by atoms with Crippen molar-refractivity contribution < 1.29 is 14.0 Å². The molecule has 1 aliphatic heterocycles. The number of dihydropyridines is 1. The largest absolute Gasteiger partial charge is 0.468 e. The van der Waals surface area contributed by atoms with Crippen LogP contribution in [-0.4, -0.2) is 23.5 Å². The molecule has 2 heterocycles. The Kier molecular flexibility index (Phi) is 4.60. The Morgan fingerprint density at radius 3 is 2.96 bits per heavy atom. The average molecular weight is 369 g/mol. The van der Waals surface area contributed by atoms with E-state index in [1.54, 1.807) is 18.4 Å². The predicted molar refractivity (Wildman–Crippen MR) is 96.7 cm³/mol. The van der Waals surface area contributed by atoms with E-state index in [0.717, 1.165) is 31.4 Å². The zero-order valence-corrected chi connectivity index (χ0v) is 15.0. The van der Waals surface area contributed by atoms with Gasteiger partial charge < -0.3 is 15.1 Å². The predicted octanol–water partition coefficient (Wildman–Crippen LogP) is 2.72. The van der Waals surface area contributed by atoms with E-state index in [-0.39, 0.29) is 17.4 Å². The third-order valence-corrected chi connectivity index (χ3v) is 5.80. The second-order valence-electron chi connectivity index (χ2n) is 6.73. The Morgan fingerprint density at radius 1 is 1.42 bits per heavy atom. The molecule has 0 radical (unpaired) electrons. The molecule has 2 N–H and O–H groups in total. The van der Waals surface area contributed by atoms with Crippen molar-refractivity contribution >= 4 is 23.5 Å². The van der Waals surface area contributed by atoms with E-state index in [0.29, 0.717) is 34.4 Å². The quantitative estimate of drug-likeness (QED) is 0.829. The normalized spacial score (nSPS) is 22.6. The number of amides is 1. The lowest BCUT2D eigenvalue weighted by molar-refractivity contribution is -0.118. The lowest BCUT2D eigenvalue weighted by Gasteiger charge is -2.32. The average Bonchev–Trinajstić information content (AvgIpc) is 3.28. The van der Waals surface area contributed by atoms with Gasteiger partial charge in [0.05, 0.1) is 34.6 Å². The van der Waals surface area contributed by atoms with Crippen LogP contribution < -0.4 is 10.6 Å². The summed E-state index contributed by atoms with van der Waals surface area (Å²) in [6.45, 7) is 0. The van der Waals surface area contributed by atoms with E-state index in [2.05, 4.69) is 16.7 Å². The minimum absolute atomic E-state index is 0.0295. The summed E-state index contributed by atoms with van der Waals surface area (Å²) in [5, 5.41) is 16.6. The van der Waals surface area contributed by atoms with Gasteiger partial charge in [0.15, 0.2) is 5.78 Å². The van der Waals surface area contributed by atoms with E-state index in [1.165, 1.54) is 11.8 Å². The molecule has 26 heavy (non-hydrogen) atoms. The molecule has 2 aliphatic carbocycles. The van der Waals surface area contributed by atoms with Crippen molar-refractivity contribution in [3.63, 3.8) is 0 Å². The van der Waals surface area contributed by atoms with Crippen molar-refractivity contribution in [1.29, 1.82) is 5.26 Å². The number of Topliss-reactive ketones (excluding diaryl/α,β-unsaturated/α-hetero) is 1. The number of ketones is 1. The van der Waals surface area contributed by atoms with E-state index in [1.807, 2.05) is 0 Å². The molecule has 1 aromatic rings. The molecule has 1 unspecified atom stereocenters. The Balaban J connectivity index is 1.64. The standard InChI is InChI=1S/C19H19N3O3S/c20-9-12-17(15-5-2-8-25-15)18-13(3-1-4-14(18)23)22-19(12)26-10-16(24)21-11-6-7-11/h2,5,8,11,17,22H,1,3-4,6-7,10H2,(H,21,24). The molecule has 1 atom stereocenters. The zero-order chi connectivity index (χ0) is 18.1. The number of carbonyl (C=O) groups is 2. The Labute approximate surface area is 155 Å². The minimum Gasteiger partial charge on any atom is -0.468 e.